The van der Waals surface area contributed by atoms with E-state index >= 15 is 0 Å². The van der Waals surface area contributed by atoms with Gasteiger partial charge >= 0.3 is 5.97 Å². The predicted octanol–water partition coefficient (Wildman–Crippen LogP) is 2.21. The highest BCUT2D eigenvalue weighted by Gasteiger charge is 2.22. The first kappa shape index (κ1) is 12.6. The van der Waals surface area contributed by atoms with Gasteiger partial charge in [-0.3, -0.25) is 14.9 Å². The lowest BCUT2D eigenvalue weighted by atomic mass is 10.1. The smallest absolute Gasteiger partial charge is 0.310 e. The highest BCUT2D eigenvalue weighted by atomic mass is 79.9. The average molecular weight is 292 g/mol. The molecule has 0 aromatic heterocycles. The Kier molecular flexibility index (Phi) is 3.94. The number of benzene rings is 1. The molecule has 5 nitrogen and oxygen atoms in total. The van der Waals surface area contributed by atoms with Crippen molar-refractivity contribution in [2.45, 2.75) is 6.42 Å². The van der Waals surface area contributed by atoms with Crippen LogP contribution in [-0.4, -0.2) is 18.0 Å². The van der Waals surface area contributed by atoms with Gasteiger partial charge in [-0.25, -0.2) is 4.39 Å². The molecule has 1 aromatic carbocycles. The number of esters is 1. The van der Waals surface area contributed by atoms with Crippen LogP contribution in [-0.2, 0) is 16.0 Å². The number of rotatable bonds is 3. The summed E-state index contributed by atoms with van der Waals surface area (Å²) in [7, 11) is 1.13. The third-order valence-corrected chi connectivity index (χ3v) is 2.53. The number of carbonyl (C=O) groups is 1. The first-order valence-corrected chi connectivity index (χ1v) is 4.94. The van der Waals surface area contributed by atoms with Gasteiger partial charge < -0.3 is 4.74 Å². The molecular formula is C9H7BrFNO4. The number of methoxy groups -OCH3 is 1. The molecule has 0 N–H and O–H groups in total. The second-order valence-corrected chi connectivity index (χ2v) is 3.72. The van der Waals surface area contributed by atoms with Gasteiger partial charge in [0.2, 0.25) is 0 Å². The number of nitro benzene ring substituents is 1. The number of hydrogen-bond acceptors (Lipinski definition) is 4. The van der Waals surface area contributed by atoms with Gasteiger partial charge in [-0.15, -0.1) is 0 Å². The second-order valence-electron chi connectivity index (χ2n) is 2.87. The van der Waals surface area contributed by atoms with Crippen LogP contribution < -0.4 is 0 Å². The van der Waals surface area contributed by atoms with E-state index in [4.69, 9.17) is 0 Å². The van der Waals surface area contributed by atoms with Gasteiger partial charge in [0.25, 0.3) is 5.69 Å². The maximum atomic E-state index is 13.6. The normalized spacial score (nSPS) is 9.94. The fourth-order valence-corrected chi connectivity index (χ4v) is 1.51. The molecule has 0 radical (unpaired) electrons. The summed E-state index contributed by atoms with van der Waals surface area (Å²) in [4.78, 5) is 20.9. The van der Waals surface area contributed by atoms with Crippen LogP contribution in [0.1, 0.15) is 5.56 Å². The molecule has 0 fully saturated rings. The SMILES string of the molecule is COC(=O)Cc1c([N+](=O)[O-])ccc(Br)c1F. The molecule has 0 spiro atoms. The summed E-state index contributed by atoms with van der Waals surface area (Å²) in [5.74, 6) is -1.56. The molecule has 0 aliphatic carbocycles. The molecule has 16 heavy (non-hydrogen) atoms. The highest BCUT2D eigenvalue weighted by molar-refractivity contribution is 9.10. The lowest BCUT2D eigenvalue weighted by Gasteiger charge is -2.04. The van der Waals surface area contributed by atoms with Crippen LogP contribution in [0.4, 0.5) is 10.1 Å². The standard InChI is InChI=1S/C9H7BrFNO4/c1-16-8(13)4-5-7(12(14)15)3-2-6(10)9(5)11/h2-3H,4H2,1H3. The molecule has 86 valence electrons. The monoisotopic (exact) mass is 291 g/mol. The van der Waals surface area contributed by atoms with Gasteiger partial charge in [0.05, 0.1) is 28.5 Å². The maximum Gasteiger partial charge on any atom is 0.310 e. The molecule has 0 unspecified atom stereocenters. The second kappa shape index (κ2) is 5.02. The van der Waals surface area contributed by atoms with Crippen LogP contribution in [0.3, 0.4) is 0 Å². The van der Waals surface area contributed by atoms with Crippen LogP contribution in [0, 0.1) is 15.9 Å². The van der Waals surface area contributed by atoms with E-state index in [0.29, 0.717) is 0 Å². The first-order valence-electron chi connectivity index (χ1n) is 4.15. The van der Waals surface area contributed by atoms with E-state index in [-0.39, 0.29) is 10.0 Å². The van der Waals surface area contributed by atoms with Crippen molar-refractivity contribution >= 4 is 27.6 Å². The lowest BCUT2D eigenvalue weighted by Crippen LogP contribution is -2.09. The maximum absolute atomic E-state index is 13.6. The number of nitro groups is 1. The van der Waals surface area contributed by atoms with Crippen molar-refractivity contribution in [3.8, 4) is 0 Å². The van der Waals surface area contributed by atoms with Crippen molar-refractivity contribution in [1.82, 2.24) is 0 Å². The van der Waals surface area contributed by atoms with Gasteiger partial charge in [0.15, 0.2) is 0 Å². The molecule has 0 bridgehead atoms. The number of nitrogens with zero attached hydrogens (tertiary/aromatic N) is 1. The van der Waals surface area contributed by atoms with Crippen LogP contribution in [0.15, 0.2) is 16.6 Å². The van der Waals surface area contributed by atoms with Crippen LogP contribution in [0.25, 0.3) is 0 Å². The average Bonchev–Trinajstić information content (AvgIpc) is 2.24. The zero-order valence-corrected chi connectivity index (χ0v) is 9.78. The Labute approximate surface area is 98.5 Å². The Balaban J connectivity index is 3.26. The van der Waals surface area contributed by atoms with Crippen LogP contribution in [0.2, 0.25) is 0 Å². The summed E-state index contributed by atoms with van der Waals surface area (Å²) in [5, 5.41) is 10.6. The zero-order valence-electron chi connectivity index (χ0n) is 8.20. The Hall–Kier alpha value is -1.50. The van der Waals surface area contributed by atoms with Gasteiger partial charge in [-0.1, -0.05) is 0 Å². The van der Waals surface area contributed by atoms with Crippen molar-refractivity contribution < 1.29 is 18.8 Å². The van der Waals surface area contributed by atoms with Crippen molar-refractivity contribution in [3.63, 3.8) is 0 Å². The Bertz CT molecular complexity index is 449. The number of hydrogen-bond donors (Lipinski definition) is 0. The summed E-state index contributed by atoms with van der Waals surface area (Å²) in [6, 6.07) is 2.35. The number of halogens is 2. The summed E-state index contributed by atoms with van der Waals surface area (Å²) < 4.78 is 18.0. The summed E-state index contributed by atoms with van der Waals surface area (Å²) >= 11 is 2.89. The van der Waals surface area contributed by atoms with Crippen molar-refractivity contribution in [2.75, 3.05) is 7.11 Å². The summed E-state index contributed by atoms with van der Waals surface area (Å²) in [5.41, 5.74) is -0.725. The molecular weight excluding hydrogens is 285 g/mol. The van der Waals surface area contributed by atoms with E-state index < -0.39 is 28.8 Å². The topological polar surface area (TPSA) is 69.4 Å². The fraction of sp³-hybridized carbons (Fsp3) is 0.222. The summed E-state index contributed by atoms with van der Waals surface area (Å²) in [6.07, 6.45) is -0.474. The van der Waals surface area contributed by atoms with E-state index in [0.717, 1.165) is 13.2 Å². The molecule has 0 aliphatic rings. The van der Waals surface area contributed by atoms with Crippen molar-refractivity contribution in [2.24, 2.45) is 0 Å². The molecule has 0 heterocycles. The highest BCUT2D eigenvalue weighted by Crippen LogP contribution is 2.28. The van der Waals surface area contributed by atoms with E-state index in [1.807, 2.05) is 0 Å². The van der Waals surface area contributed by atoms with E-state index in [9.17, 15) is 19.3 Å². The van der Waals surface area contributed by atoms with E-state index in [1.165, 1.54) is 6.07 Å². The molecule has 0 saturated heterocycles. The quantitative estimate of drug-likeness (QED) is 0.486. The fourth-order valence-electron chi connectivity index (χ4n) is 1.14. The third kappa shape index (κ3) is 2.54. The number of carbonyl (C=O) groups excluding carboxylic acids is 1. The van der Waals surface area contributed by atoms with Crippen molar-refractivity contribution in [1.29, 1.82) is 0 Å². The van der Waals surface area contributed by atoms with Gasteiger partial charge in [-0.2, -0.15) is 0 Å². The van der Waals surface area contributed by atoms with Gasteiger partial charge in [0, 0.05) is 6.07 Å². The molecule has 1 aromatic rings. The Morgan fingerprint density at radius 3 is 2.75 bits per heavy atom. The minimum Gasteiger partial charge on any atom is -0.469 e. The summed E-state index contributed by atoms with van der Waals surface area (Å²) in [6.45, 7) is 0. The van der Waals surface area contributed by atoms with E-state index in [1.54, 1.807) is 0 Å². The van der Waals surface area contributed by atoms with Crippen LogP contribution in [0.5, 0.6) is 0 Å². The Morgan fingerprint density at radius 2 is 2.25 bits per heavy atom. The minimum atomic E-state index is -0.820. The van der Waals surface area contributed by atoms with Gasteiger partial charge in [-0.05, 0) is 22.0 Å². The molecule has 0 aliphatic heterocycles. The molecule has 7 heteroatoms. The largest absolute Gasteiger partial charge is 0.469 e. The molecule has 1 rings (SSSR count). The first-order chi connectivity index (χ1) is 7.47. The molecule has 0 amide bonds. The minimum absolute atomic E-state index is 0.0667. The van der Waals surface area contributed by atoms with Crippen molar-refractivity contribution in [3.05, 3.63) is 38.1 Å². The third-order valence-electron chi connectivity index (χ3n) is 1.92. The van der Waals surface area contributed by atoms with Gasteiger partial charge in [0.1, 0.15) is 5.82 Å². The number of ether oxygens (including phenoxy) is 1. The van der Waals surface area contributed by atoms with Crippen LogP contribution >= 0.6 is 15.9 Å². The predicted molar refractivity (Wildman–Crippen MR) is 56.5 cm³/mol. The Morgan fingerprint density at radius 1 is 1.62 bits per heavy atom. The molecule has 0 saturated carbocycles. The molecule has 0 atom stereocenters. The zero-order chi connectivity index (χ0) is 12.3. The lowest BCUT2D eigenvalue weighted by molar-refractivity contribution is -0.385. The van der Waals surface area contributed by atoms with E-state index in [2.05, 4.69) is 20.7 Å².